The van der Waals surface area contributed by atoms with Crippen molar-refractivity contribution in [3.63, 3.8) is 0 Å². The van der Waals surface area contributed by atoms with E-state index in [1.807, 2.05) is 25.1 Å². The molecule has 1 saturated heterocycles. The molecule has 0 radical (unpaired) electrons. The maximum Gasteiger partial charge on any atom is 0.335 e. The number of carboxylic acids is 1. The number of rotatable bonds is 6. The second-order valence-electron chi connectivity index (χ2n) is 4.73. The molecule has 1 aromatic rings. The number of ether oxygens (including phenoxy) is 3. The summed E-state index contributed by atoms with van der Waals surface area (Å²) < 4.78 is 15.6. The highest BCUT2D eigenvalue weighted by Crippen LogP contribution is 2.33. The molecular weight excluding hydrogens is 248 g/mol. The van der Waals surface area contributed by atoms with Gasteiger partial charge in [-0.25, -0.2) is 4.79 Å². The van der Waals surface area contributed by atoms with Crippen molar-refractivity contribution in [1.82, 2.24) is 0 Å². The Labute approximate surface area is 112 Å². The molecule has 1 aromatic carbocycles. The second kappa shape index (κ2) is 5.48. The summed E-state index contributed by atoms with van der Waals surface area (Å²) in [5.41, 5.74) is 1.07. The van der Waals surface area contributed by atoms with Crippen LogP contribution in [0.1, 0.15) is 12.5 Å². The first kappa shape index (κ1) is 13.7. The van der Waals surface area contributed by atoms with Gasteiger partial charge in [-0.3, -0.25) is 0 Å². The molecule has 1 N–H and O–H groups in total. The Hall–Kier alpha value is -1.75. The van der Waals surface area contributed by atoms with Crippen LogP contribution in [0.2, 0.25) is 0 Å². The minimum absolute atomic E-state index is 0.152. The summed E-state index contributed by atoms with van der Waals surface area (Å²) in [7, 11) is 3.19. The molecular formula is C14H18O5. The first-order chi connectivity index (χ1) is 9.06. The Morgan fingerprint density at radius 3 is 2.58 bits per heavy atom. The maximum atomic E-state index is 10.8. The predicted molar refractivity (Wildman–Crippen MR) is 68.7 cm³/mol. The number of aliphatic carboxylic acids is 1. The molecule has 5 nitrogen and oxygen atoms in total. The minimum Gasteiger partial charge on any atom is -0.493 e. The van der Waals surface area contributed by atoms with Crippen LogP contribution in [0, 0.1) is 5.92 Å². The van der Waals surface area contributed by atoms with Gasteiger partial charge in [-0.05, 0) is 30.0 Å². The fourth-order valence-electron chi connectivity index (χ4n) is 2.25. The standard InChI is InChI=1S/C14H18O5/c1-8(12-13(19-12)14(15)16)6-9-4-5-10(17-2)11(7-9)18-3/h4-5,7-8,12-13H,6H2,1-3H3,(H,15,16). The number of carbonyl (C=O) groups is 1. The highest BCUT2D eigenvalue weighted by Gasteiger charge is 2.48. The van der Waals surface area contributed by atoms with Crippen LogP contribution in [0.25, 0.3) is 0 Å². The SMILES string of the molecule is COc1ccc(CC(C)C2OC2C(=O)O)cc1OC. The molecule has 1 aliphatic rings. The van der Waals surface area contributed by atoms with Crippen molar-refractivity contribution in [2.75, 3.05) is 14.2 Å². The summed E-state index contributed by atoms with van der Waals surface area (Å²) in [5.74, 6) is 0.632. The lowest BCUT2D eigenvalue weighted by Gasteiger charge is -2.12. The topological polar surface area (TPSA) is 68.3 Å². The van der Waals surface area contributed by atoms with Crippen LogP contribution in [-0.4, -0.2) is 37.5 Å². The van der Waals surface area contributed by atoms with E-state index >= 15 is 0 Å². The van der Waals surface area contributed by atoms with Gasteiger partial charge in [-0.1, -0.05) is 13.0 Å². The van der Waals surface area contributed by atoms with Crippen LogP contribution in [0.3, 0.4) is 0 Å². The van der Waals surface area contributed by atoms with Gasteiger partial charge in [-0.2, -0.15) is 0 Å². The number of methoxy groups -OCH3 is 2. The zero-order valence-electron chi connectivity index (χ0n) is 11.3. The molecule has 0 aromatic heterocycles. The Bertz CT molecular complexity index is 471. The molecule has 0 aliphatic carbocycles. The summed E-state index contributed by atoms with van der Waals surface area (Å²) in [6, 6.07) is 5.72. The predicted octanol–water partition coefficient (Wildman–Crippen LogP) is 1.73. The molecule has 0 spiro atoms. The lowest BCUT2D eigenvalue weighted by molar-refractivity contribution is -0.138. The van der Waals surface area contributed by atoms with Gasteiger partial charge in [0, 0.05) is 0 Å². The molecule has 1 heterocycles. The lowest BCUT2D eigenvalue weighted by Crippen LogP contribution is -2.15. The molecule has 2 rings (SSSR count). The fraction of sp³-hybridized carbons (Fsp3) is 0.500. The van der Waals surface area contributed by atoms with E-state index in [1.165, 1.54) is 0 Å². The molecule has 1 fully saturated rings. The van der Waals surface area contributed by atoms with E-state index in [2.05, 4.69) is 0 Å². The van der Waals surface area contributed by atoms with Crippen molar-refractivity contribution in [3.05, 3.63) is 23.8 Å². The van der Waals surface area contributed by atoms with Crippen LogP contribution < -0.4 is 9.47 Å². The fourth-order valence-corrected chi connectivity index (χ4v) is 2.25. The van der Waals surface area contributed by atoms with Crippen LogP contribution in [-0.2, 0) is 16.0 Å². The van der Waals surface area contributed by atoms with Crippen molar-refractivity contribution >= 4 is 5.97 Å². The minimum atomic E-state index is -0.885. The Balaban J connectivity index is 2.01. The van der Waals surface area contributed by atoms with E-state index in [1.54, 1.807) is 14.2 Å². The van der Waals surface area contributed by atoms with Crippen molar-refractivity contribution in [2.24, 2.45) is 5.92 Å². The molecule has 0 amide bonds. The van der Waals surface area contributed by atoms with Gasteiger partial charge in [-0.15, -0.1) is 0 Å². The third-order valence-electron chi connectivity index (χ3n) is 3.34. The largest absolute Gasteiger partial charge is 0.493 e. The van der Waals surface area contributed by atoms with Gasteiger partial charge in [0.05, 0.1) is 20.3 Å². The van der Waals surface area contributed by atoms with Crippen molar-refractivity contribution < 1.29 is 24.1 Å². The van der Waals surface area contributed by atoms with Crippen LogP contribution >= 0.6 is 0 Å². The molecule has 0 saturated carbocycles. The van der Waals surface area contributed by atoms with Gasteiger partial charge < -0.3 is 19.3 Å². The normalized spacial score (nSPS) is 22.7. The quantitative estimate of drug-likeness (QED) is 0.794. The Morgan fingerprint density at radius 1 is 1.37 bits per heavy atom. The molecule has 3 unspecified atom stereocenters. The van der Waals surface area contributed by atoms with Crippen LogP contribution in [0.4, 0.5) is 0 Å². The summed E-state index contributed by atoms with van der Waals surface area (Å²) >= 11 is 0. The highest BCUT2D eigenvalue weighted by atomic mass is 16.6. The Morgan fingerprint density at radius 2 is 2.05 bits per heavy atom. The van der Waals surface area contributed by atoms with E-state index in [0.29, 0.717) is 11.5 Å². The summed E-state index contributed by atoms with van der Waals surface area (Å²) in [6.07, 6.45) is -0.0878. The van der Waals surface area contributed by atoms with Gasteiger partial charge in [0.2, 0.25) is 0 Å². The number of hydrogen-bond donors (Lipinski definition) is 1. The van der Waals surface area contributed by atoms with Crippen LogP contribution in [0.5, 0.6) is 11.5 Å². The third-order valence-corrected chi connectivity index (χ3v) is 3.34. The molecule has 5 heteroatoms. The van der Waals surface area contributed by atoms with Gasteiger partial charge >= 0.3 is 5.97 Å². The first-order valence-electron chi connectivity index (χ1n) is 6.16. The zero-order chi connectivity index (χ0) is 14.0. The molecule has 1 aliphatic heterocycles. The lowest BCUT2D eigenvalue weighted by atomic mass is 9.96. The molecule has 104 valence electrons. The van der Waals surface area contributed by atoms with Gasteiger partial charge in [0.15, 0.2) is 17.6 Å². The monoisotopic (exact) mass is 266 g/mol. The van der Waals surface area contributed by atoms with Gasteiger partial charge in [0.1, 0.15) is 0 Å². The zero-order valence-corrected chi connectivity index (χ0v) is 11.3. The van der Waals surface area contributed by atoms with Crippen molar-refractivity contribution in [2.45, 2.75) is 25.6 Å². The molecule has 0 bridgehead atoms. The smallest absolute Gasteiger partial charge is 0.335 e. The molecule has 19 heavy (non-hydrogen) atoms. The van der Waals surface area contributed by atoms with Crippen molar-refractivity contribution in [1.29, 1.82) is 0 Å². The maximum absolute atomic E-state index is 10.8. The van der Waals surface area contributed by atoms with E-state index < -0.39 is 12.1 Å². The highest BCUT2D eigenvalue weighted by molar-refractivity contribution is 5.75. The van der Waals surface area contributed by atoms with E-state index in [4.69, 9.17) is 19.3 Å². The van der Waals surface area contributed by atoms with Crippen molar-refractivity contribution in [3.8, 4) is 11.5 Å². The number of carboxylic acid groups (broad SMARTS) is 1. The van der Waals surface area contributed by atoms with E-state index in [9.17, 15) is 4.79 Å². The summed E-state index contributed by atoms with van der Waals surface area (Å²) in [6.45, 7) is 1.99. The molecule has 3 atom stereocenters. The number of hydrogen-bond acceptors (Lipinski definition) is 4. The second-order valence-corrected chi connectivity index (χ2v) is 4.73. The van der Waals surface area contributed by atoms with E-state index in [0.717, 1.165) is 12.0 Å². The van der Waals surface area contributed by atoms with E-state index in [-0.39, 0.29) is 12.0 Å². The first-order valence-corrected chi connectivity index (χ1v) is 6.16. The number of benzene rings is 1. The summed E-state index contributed by atoms with van der Waals surface area (Å²) in [5, 5.41) is 8.83. The Kier molecular flexibility index (Phi) is 3.95. The van der Waals surface area contributed by atoms with Gasteiger partial charge in [0.25, 0.3) is 0 Å². The average Bonchev–Trinajstić information content (AvgIpc) is 3.19. The summed E-state index contributed by atoms with van der Waals surface area (Å²) in [4.78, 5) is 10.8. The average molecular weight is 266 g/mol. The van der Waals surface area contributed by atoms with Crippen LogP contribution in [0.15, 0.2) is 18.2 Å². The number of epoxide rings is 1. The third kappa shape index (κ3) is 2.98.